The number of aryl methyl sites for hydroxylation is 1. The Hall–Kier alpha value is -3.75. The Kier molecular flexibility index (Phi) is 6.67. The third kappa shape index (κ3) is 5.02. The van der Waals surface area contributed by atoms with Crippen LogP contribution in [0.1, 0.15) is 34.5 Å². The van der Waals surface area contributed by atoms with Gasteiger partial charge < -0.3 is 19.8 Å². The molecule has 33 heavy (non-hydrogen) atoms. The van der Waals surface area contributed by atoms with Gasteiger partial charge >= 0.3 is 0 Å². The van der Waals surface area contributed by atoms with Gasteiger partial charge in [-0.3, -0.25) is 9.59 Å². The maximum absolute atomic E-state index is 13.2. The van der Waals surface area contributed by atoms with E-state index in [4.69, 9.17) is 9.47 Å². The van der Waals surface area contributed by atoms with Gasteiger partial charge in [0.25, 0.3) is 11.5 Å². The van der Waals surface area contributed by atoms with Crippen LogP contribution in [0.5, 0.6) is 11.8 Å². The average Bonchev–Trinajstić information content (AvgIpc) is 3.05. The molecule has 4 rings (SSSR count). The first-order valence-electron chi connectivity index (χ1n) is 10.7. The fourth-order valence-electron chi connectivity index (χ4n) is 3.99. The van der Waals surface area contributed by atoms with Crippen molar-refractivity contribution in [1.82, 2.24) is 20.3 Å². The highest BCUT2D eigenvalue weighted by atomic mass is 19.1. The largest absolute Gasteiger partial charge is 0.481 e. The van der Waals surface area contributed by atoms with E-state index in [1.54, 1.807) is 24.3 Å². The van der Waals surface area contributed by atoms with Crippen LogP contribution in [0, 0.1) is 11.7 Å². The van der Waals surface area contributed by atoms with Crippen LogP contribution in [0.3, 0.4) is 0 Å². The summed E-state index contributed by atoms with van der Waals surface area (Å²) in [7, 11) is 2.94. The zero-order valence-corrected chi connectivity index (χ0v) is 18.5. The zero-order valence-electron chi connectivity index (χ0n) is 18.5. The molecule has 172 valence electrons. The van der Waals surface area contributed by atoms with Crippen LogP contribution in [0.25, 0.3) is 11.4 Å². The molecular weight excluding hydrogens is 427 g/mol. The Balaban J connectivity index is 1.43. The highest BCUT2D eigenvalue weighted by molar-refractivity contribution is 5.96. The second kappa shape index (κ2) is 9.81. The van der Waals surface area contributed by atoms with E-state index in [1.165, 1.54) is 26.4 Å². The van der Waals surface area contributed by atoms with Gasteiger partial charge in [0.1, 0.15) is 17.2 Å². The number of carbonyl (C=O) groups is 1. The zero-order chi connectivity index (χ0) is 23.4. The molecule has 2 aromatic heterocycles. The molecule has 1 atom stereocenters. The molecule has 1 aliphatic carbocycles. The van der Waals surface area contributed by atoms with Crippen molar-refractivity contribution in [3.63, 3.8) is 0 Å². The Bertz CT molecular complexity index is 1210. The normalized spacial score (nSPS) is 15.3. The summed E-state index contributed by atoms with van der Waals surface area (Å²) < 4.78 is 23.5. The van der Waals surface area contributed by atoms with E-state index in [9.17, 15) is 14.0 Å². The van der Waals surface area contributed by atoms with E-state index < -0.39 is 0 Å². The molecule has 0 fully saturated rings. The SMILES string of the molecule is COc1ccc(C(=O)NCC2CCc3nc(-c4ccc(F)cc4)[nH]c(=O)c3CC2)c(OC)n1. The van der Waals surface area contributed by atoms with Crippen molar-refractivity contribution in [3.05, 3.63) is 69.4 Å². The lowest BCUT2D eigenvalue weighted by Gasteiger charge is -2.15. The maximum Gasteiger partial charge on any atom is 0.256 e. The van der Waals surface area contributed by atoms with Crippen LogP contribution >= 0.6 is 0 Å². The van der Waals surface area contributed by atoms with Crippen molar-refractivity contribution in [3.8, 4) is 23.1 Å². The molecule has 3 aromatic rings. The Morgan fingerprint density at radius 2 is 1.85 bits per heavy atom. The van der Waals surface area contributed by atoms with E-state index in [0.29, 0.717) is 47.8 Å². The summed E-state index contributed by atoms with van der Waals surface area (Å²) in [4.78, 5) is 37.0. The number of halogens is 1. The van der Waals surface area contributed by atoms with Gasteiger partial charge in [0.05, 0.1) is 19.9 Å². The number of pyridine rings is 1. The maximum atomic E-state index is 13.2. The van der Waals surface area contributed by atoms with Crippen LogP contribution in [0.15, 0.2) is 41.2 Å². The minimum atomic E-state index is -0.344. The van der Waals surface area contributed by atoms with E-state index in [-0.39, 0.29) is 29.1 Å². The molecule has 1 unspecified atom stereocenters. The molecule has 2 heterocycles. The highest BCUT2D eigenvalue weighted by Gasteiger charge is 2.22. The minimum Gasteiger partial charge on any atom is -0.481 e. The Morgan fingerprint density at radius 1 is 1.09 bits per heavy atom. The number of benzene rings is 1. The van der Waals surface area contributed by atoms with Crippen molar-refractivity contribution in [2.75, 3.05) is 20.8 Å². The molecule has 0 aliphatic heterocycles. The van der Waals surface area contributed by atoms with Gasteiger partial charge in [0, 0.05) is 23.7 Å². The van der Waals surface area contributed by atoms with Crippen molar-refractivity contribution in [2.24, 2.45) is 5.92 Å². The van der Waals surface area contributed by atoms with Gasteiger partial charge in [-0.1, -0.05) is 0 Å². The first-order chi connectivity index (χ1) is 16.0. The van der Waals surface area contributed by atoms with E-state index in [0.717, 1.165) is 18.5 Å². The van der Waals surface area contributed by atoms with Crippen molar-refractivity contribution < 1.29 is 18.7 Å². The molecule has 0 saturated heterocycles. The molecule has 1 aromatic carbocycles. The predicted octanol–water partition coefficient (Wildman–Crippen LogP) is 2.91. The fraction of sp³-hybridized carbons (Fsp3) is 0.333. The van der Waals surface area contributed by atoms with Crippen LogP contribution in [-0.2, 0) is 12.8 Å². The molecule has 0 spiro atoms. The van der Waals surface area contributed by atoms with Crippen LogP contribution in [0.4, 0.5) is 4.39 Å². The van der Waals surface area contributed by atoms with Crippen molar-refractivity contribution >= 4 is 5.91 Å². The third-order valence-corrected chi connectivity index (χ3v) is 5.84. The first-order valence-corrected chi connectivity index (χ1v) is 10.7. The number of hydrogen-bond acceptors (Lipinski definition) is 6. The molecular formula is C24H25FN4O4. The lowest BCUT2D eigenvalue weighted by Crippen LogP contribution is -2.30. The number of ether oxygens (including phenoxy) is 2. The minimum absolute atomic E-state index is 0.168. The number of aromatic amines is 1. The number of amides is 1. The van der Waals surface area contributed by atoms with Gasteiger partial charge in [-0.05, 0) is 61.9 Å². The van der Waals surface area contributed by atoms with E-state index >= 15 is 0 Å². The molecule has 0 radical (unpaired) electrons. The summed E-state index contributed by atoms with van der Waals surface area (Å²) in [6.45, 7) is 0.463. The Labute approximate surface area is 190 Å². The van der Waals surface area contributed by atoms with Crippen LogP contribution < -0.4 is 20.3 Å². The molecule has 9 heteroatoms. The predicted molar refractivity (Wildman–Crippen MR) is 120 cm³/mol. The lowest BCUT2D eigenvalue weighted by atomic mass is 9.99. The molecule has 1 amide bonds. The summed E-state index contributed by atoms with van der Waals surface area (Å²) in [6, 6.07) is 9.09. The number of carbonyl (C=O) groups excluding carboxylic acids is 1. The molecule has 0 bridgehead atoms. The van der Waals surface area contributed by atoms with E-state index in [2.05, 4.69) is 20.3 Å². The van der Waals surface area contributed by atoms with Crippen molar-refractivity contribution in [1.29, 1.82) is 0 Å². The second-order valence-electron chi connectivity index (χ2n) is 7.91. The Morgan fingerprint density at radius 3 is 2.58 bits per heavy atom. The summed E-state index contributed by atoms with van der Waals surface area (Å²) in [5.74, 6) is 0.563. The smallest absolute Gasteiger partial charge is 0.256 e. The standard InChI is InChI=1S/C24H25FN4O4/c1-32-20-12-10-18(24(28-20)33-2)22(30)26-13-14-3-9-17-19(11-4-14)27-21(29-23(17)31)15-5-7-16(25)8-6-15/h5-8,10,12,14H,3-4,9,11,13H2,1-2H3,(H,26,30)(H,27,29,31). The third-order valence-electron chi connectivity index (χ3n) is 5.84. The lowest BCUT2D eigenvalue weighted by molar-refractivity contribution is 0.0942. The second-order valence-corrected chi connectivity index (χ2v) is 7.91. The molecule has 0 saturated carbocycles. The summed E-state index contributed by atoms with van der Waals surface area (Å²) >= 11 is 0. The number of fused-ring (bicyclic) bond motifs is 1. The van der Waals surface area contributed by atoms with Crippen molar-refractivity contribution in [2.45, 2.75) is 25.7 Å². The number of nitrogens with zero attached hydrogens (tertiary/aromatic N) is 2. The quantitative estimate of drug-likeness (QED) is 0.557. The number of aromatic nitrogens is 3. The first kappa shape index (κ1) is 22.4. The number of hydrogen-bond donors (Lipinski definition) is 2. The molecule has 8 nitrogen and oxygen atoms in total. The molecule has 1 aliphatic rings. The number of H-pyrrole nitrogens is 1. The summed E-state index contributed by atoms with van der Waals surface area (Å²) in [6.07, 6.45) is 2.74. The highest BCUT2D eigenvalue weighted by Crippen LogP contribution is 2.24. The van der Waals surface area contributed by atoms with E-state index in [1.807, 2.05) is 0 Å². The average molecular weight is 452 g/mol. The summed E-state index contributed by atoms with van der Waals surface area (Å²) in [5.41, 5.74) is 2.25. The number of nitrogens with one attached hydrogen (secondary N) is 2. The van der Waals surface area contributed by atoms with Crippen LogP contribution in [0.2, 0.25) is 0 Å². The monoisotopic (exact) mass is 452 g/mol. The molecule has 2 N–H and O–H groups in total. The van der Waals surface area contributed by atoms with Gasteiger partial charge in [-0.15, -0.1) is 0 Å². The topological polar surface area (TPSA) is 106 Å². The van der Waals surface area contributed by atoms with Gasteiger partial charge in [0.15, 0.2) is 0 Å². The van der Waals surface area contributed by atoms with Gasteiger partial charge in [0.2, 0.25) is 11.8 Å². The van der Waals surface area contributed by atoms with Gasteiger partial charge in [-0.25, -0.2) is 9.37 Å². The number of methoxy groups -OCH3 is 2. The number of rotatable bonds is 6. The fourth-order valence-corrected chi connectivity index (χ4v) is 3.99. The summed E-state index contributed by atoms with van der Waals surface area (Å²) in [5, 5.41) is 2.95. The van der Waals surface area contributed by atoms with Crippen LogP contribution in [-0.4, -0.2) is 41.6 Å². The van der Waals surface area contributed by atoms with Gasteiger partial charge in [-0.2, -0.15) is 4.98 Å².